The third-order valence-electron chi connectivity index (χ3n) is 4.01. The molecule has 3 aliphatic rings. The van der Waals surface area contributed by atoms with Crippen molar-refractivity contribution in [2.24, 2.45) is 5.92 Å². The van der Waals surface area contributed by atoms with Crippen LogP contribution in [0.3, 0.4) is 0 Å². The van der Waals surface area contributed by atoms with Crippen LogP contribution in [0, 0.1) is 5.92 Å². The van der Waals surface area contributed by atoms with Crippen molar-refractivity contribution in [3.63, 3.8) is 0 Å². The summed E-state index contributed by atoms with van der Waals surface area (Å²) in [5.41, 5.74) is 0. The Morgan fingerprint density at radius 1 is 1.47 bits per heavy atom. The van der Waals surface area contributed by atoms with E-state index in [9.17, 15) is 0 Å². The first-order chi connectivity index (χ1) is 8.36. The van der Waals surface area contributed by atoms with Crippen LogP contribution in [0.5, 0.6) is 0 Å². The standard InChI is InChI=1S/C13H20N4/c1-2-6-17-9-5-14-13(17)15-12-10-16-7-3-11(12)4-8-16/h2,5,9,11-12H,1,3-4,6-8,10H2,(H,14,15). The van der Waals surface area contributed by atoms with Gasteiger partial charge in [-0.05, 0) is 31.8 Å². The maximum Gasteiger partial charge on any atom is 0.203 e. The molecule has 3 fully saturated rings. The number of allylic oxidation sites excluding steroid dienone is 1. The zero-order valence-corrected chi connectivity index (χ0v) is 10.2. The van der Waals surface area contributed by atoms with Crippen LogP contribution in [0.2, 0.25) is 0 Å². The van der Waals surface area contributed by atoms with E-state index in [1.54, 1.807) is 0 Å². The first-order valence-electron chi connectivity index (χ1n) is 6.48. The fraction of sp³-hybridized carbons (Fsp3) is 0.615. The Morgan fingerprint density at radius 2 is 2.29 bits per heavy atom. The average Bonchev–Trinajstić information content (AvgIpc) is 2.79. The van der Waals surface area contributed by atoms with Crippen molar-refractivity contribution in [3.8, 4) is 0 Å². The fourth-order valence-electron chi connectivity index (χ4n) is 3.03. The minimum atomic E-state index is 0.573. The molecule has 4 nitrogen and oxygen atoms in total. The largest absolute Gasteiger partial charge is 0.351 e. The molecular weight excluding hydrogens is 212 g/mol. The van der Waals surface area contributed by atoms with Gasteiger partial charge in [0.1, 0.15) is 0 Å². The highest BCUT2D eigenvalue weighted by Gasteiger charge is 2.34. The van der Waals surface area contributed by atoms with Gasteiger partial charge in [-0.15, -0.1) is 6.58 Å². The van der Waals surface area contributed by atoms with Gasteiger partial charge in [-0.1, -0.05) is 6.08 Å². The van der Waals surface area contributed by atoms with Gasteiger partial charge >= 0.3 is 0 Å². The van der Waals surface area contributed by atoms with Crippen LogP contribution in [-0.2, 0) is 6.54 Å². The molecule has 1 aromatic rings. The molecule has 3 saturated heterocycles. The van der Waals surface area contributed by atoms with E-state index < -0.39 is 0 Å². The molecule has 1 atom stereocenters. The van der Waals surface area contributed by atoms with E-state index in [1.165, 1.54) is 32.5 Å². The van der Waals surface area contributed by atoms with Gasteiger partial charge in [-0.25, -0.2) is 4.98 Å². The number of rotatable bonds is 4. The summed E-state index contributed by atoms with van der Waals surface area (Å²) in [4.78, 5) is 6.95. The summed E-state index contributed by atoms with van der Waals surface area (Å²) < 4.78 is 2.12. The number of hydrogen-bond acceptors (Lipinski definition) is 3. The molecule has 1 unspecified atom stereocenters. The molecule has 2 bridgehead atoms. The molecule has 0 aromatic carbocycles. The SMILES string of the molecule is C=CCn1ccnc1NC1CN2CCC1CC2. The lowest BCUT2D eigenvalue weighted by atomic mass is 9.84. The number of aromatic nitrogens is 2. The lowest BCUT2D eigenvalue weighted by molar-refractivity contribution is 0.0971. The van der Waals surface area contributed by atoms with E-state index in [4.69, 9.17) is 0 Å². The minimum absolute atomic E-state index is 0.573. The quantitative estimate of drug-likeness (QED) is 0.800. The maximum absolute atomic E-state index is 4.40. The Kier molecular flexibility index (Phi) is 2.89. The monoisotopic (exact) mass is 232 g/mol. The highest BCUT2D eigenvalue weighted by molar-refractivity contribution is 5.29. The van der Waals surface area contributed by atoms with Gasteiger partial charge in [0, 0.05) is 31.5 Å². The molecule has 0 amide bonds. The molecule has 3 aliphatic heterocycles. The molecule has 1 aromatic heterocycles. The van der Waals surface area contributed by atoms with E-state index in [1.807, 2.05) is 18.5 Å². The molecule has 4 rings (SSSR count). The van der Waals surface area contributed by atoms with Crippen LogP contribution in [-0.4, -0.2) is 40.1 Å². The smallest absolute Gasteiger partial charge is 0.203 e. The summed E-state index contributed by atoms with van der Waals surface area (Å²) in [5.74, 6) is 1.82. The van der Waals surface area contributed by atoms with E-state index in [2.05, 4.69) is 26.3 Å². The maximum atomic E-state index is 4.40. The van der Waals surface area contributed by atoms with Crippen molar-refractivity contribution >= 4 is 5.95 Å². The second kappa shape index (κ2) is 4.53. The fourth-order valence-corrected chi connectivity index (χ4v) is 3.03. The predicted molar refractivity (Wildman–Crippen MR) is 69.0 cm³/mol. The van der Waals surface area contributed by atoms with Crippen molar-refractivity contribution in [2.45, 2.75) is 25.4 Å². The zero-order chi connectivity index (χ0) is 11.7. The summed E-state index contributed by atoms with van der Waals surface area (Å²) in [5, 5.41) is 3.61. The number of nitrogens with one attached hydrogen (secondary N) is 1. The number of hydrogen-bond donors (Lipinski definition) is 1. The molecule has 0 spiro atoms. The topological polar surface area (TPSA) is 33.1 Å². The molecule has 0 saturated carbocycles. The lowest BCUT2D eigenvalue weighted by Gasteiger charge is -2.45. The molecule has 1 N–H and O–H groups in total. The average molecular weight is 232 g/mol. The van der Waals surface area contributed by atoms with E-state index in [0.29, 0.717) is 6.04 Å². The second-order valence-electron chi connectivity index (χ2n) is 5.08. The Bertz CT molecular complexity index is 390. The van der Waals surface area contributed by atoms with E-state index >= 15 is 0 Å². The number of imidazole rings is 1. The molecule has 4 heteroatoms. The third kappa shape index (κ3) is 2.09. The Hall–Kier alpha value is -1.29. The number of anilines is 1. The van der Waals surface area contributed by atoms with Crippen molar-refractivity contribution in [1.29, 1.82) is 0 Å². The Labute approximate surface area is 102 Å². The molecule has 4 heterocycles. The van der Waals surface area contributed by atoms with Gasteiger partial charge in [0.15, 0.2) is 0 Å². The Morgan fingerprint density at radius 3 is 2.94 bits per heavy atom. The van der Waals surface area contributed by atoms with Crippen LogP contribution in [0.4, 0.5) is 5.95 Å². The third-order valence-corrected chi connectivity index (χ3v) is 4.01. The predicted octanol–water partition coefficient (Wildman–Crippen LogP) is 1.58. The summed E-state index contributed by atoms with van der Waals surface area (Å²) in [7, 11) is 0. The van der Waals surface area contributed by atoms with Gasteiger partial charge in [0.2, 0.25) is 5.95 Å². The molecule has 17 heavy (non-hydrogen) atoms. The van der Waals surface area contributed by atoms with Crippen LogP contribution >= 0.6 is 0 Å². The summed E-state index contributed by atoms with van der Waals surface area (Å²) in [6, 6.07) is 0.573. The van der Waals surface area contributed by atoms with Gasteiger partial charge in [-0.2, -0.15) is 0 Å². The van der Waals surface area contributed by atoms with Crippen molar-refractivity contribution in [3.05, 3.63) is 25.0 Å². The highest BCUT2D eigenvalue weighted by Crippen LogP contribution is 2.29. The van der Waals surface area contributed by atoms with Crippen LogP contribution in [0.1, 0.15) is 12.8 Å². The highest BCUT2D eigenvalue weighted by atomic mass is 15.2. The van der Waals surface area contributed by atoms with Crippen molar-refractivity contribution in [1.82, 2.24) is 14.5 Å². The molecule has 0 radical (unpaired) electrons. The number of nitrogens with zero attached hydrogens (tertiary/aromatic N) is 3. The van der Waals surface area contributed by atoms with Crippen LogP contribution in [0.15, 0.2) is 25.0 Å². The Balaban J connectivity index is 1.70. The zero-order valence-electron chi connectivity index (χ0n) is 10.2. The molecule has 92 valence electrons. The molecule has 0 aliphatic carbocycles. The summed E-state index contributed by atoms with van der Waals surface area (Å²) >= 11 is 0. The normalized spacial score (nSPS) is 31.4. The first kappa shape index (κ1) is 10.8. The minimum Gasteiger partial charge on any atom is -0.351 e. The van der Waals surface area contributed by atoms with Gasteiger partial charge in [0.25, 0.3) is 0 Å². The summed E-state index contributed by atoms with van der Waals surface area (Å²) in [6.45, 7) is 8.34. The van der Waals surface area contributed by atoms with Crippen LogP contribution < -0.4 is 5.32 Å². The van der Waals surface area contributed by atoms with Crippen LogP contribution in [0.25, 0.3) is 0 Å². The summed E-state index contributed by atoms with van der Waals surface area (Å²) in [6.07, 6.45) is 8.43. The van der Waals surface area contributed by atoms with Crippen molar-refractivity contribution < 1.29 is 0 Å². The number of piperidine rings is 3. The van der Waals surface area contributed by atoms with Gasteiger partial charge in [-0.3, -0.25) is 0 Å². The second-order valence-corrected chi connectivity index (χ2v) is 5.08. The molecular formula is C13H20N4. The van der Waals surface area contributed by atoms with Gasteiger partial charge < -0.3 is 14.8 Å². The van der Waals surface area contributed by atoms with E-state index in [-0.39, 0.29) is 0 Å². The number of fused-ring (bicyclic) bond motifs is 3. The lowest BCUT2D eigenvalue weighted by Crippen LogP contribution is -2.53. The van der Waals surface area contributed by atoms with E-state index in [0.717, 1.165) is 18.4 Å². The van der Waals surface area contributed by atoms with Gasteiger partial charge in [0.05, 0.1) is 0 Å². The van der Waals surface area contributed by atoms with Crippen molar-refractivity contribution in [2.75, 3.05) is 25.0 Å². The first-order valence-corrected chi connectivity index (χ1v) is 6.48.